The van der Waals surface area contributed by atoms with Crippen LogP contribution in [0.1, 0.15) is 47.5 Å². The van der Waals surface area contributed by atoms with Crippen LogP contribution >= 0.6 is 0 Å². The molecule has 1 unspecified atom stereocenters. The maximum Gasteiger partial charge on any atom is 0.0604 e. The zero-order valence-electron chi connectivity index (χ0n) is 11.0. The molecule has 0 saturated heterocycles. The predicted molar refractivity (Wildman–Crippen MR) is 65.1 cm³/mol. The maximum atomic E-state index is 5.54. The molecule has 1 fully saturated rings. The van der Waals surface area contributed by atoms with E-state index in [9.17, 15) is 0 Å². The average Bonchev–Trinajstić information content (AvgIpc) is 2.06. The highest BCUT2D eigenvalue weighted by molar-refractivity contribution is 4.87. The highest BCUT2D eigenvalue weighted by atomic mass is 16.5. The SMILES string of the molecule is CCOC1CC(NCC(C)C(C)(C)C)C1. The van der Waals surface area contributed by atoms with Crippen molar-refractivity contribution in [3.05, 3.63) is 0 Å². The van der Waals surface area contributed by atoms with E-state index >= 15 is 0 Å². The molecule has 0 aromatic rings. The molecule has 15 heavy (non-hydrogen) atoms. The lowest BCUT2D eigenvalue weighted by atomic mass is 9.81. The van der Waals surface area contributed by atoms with Crippen LogP contribution in [-0.4, -0.2) is 25.3 Å². The molecular formula is C13H27NO. The minimum absolute atomic E-state index is 0.413. The van der Waals surface area contributed by atoms with Crippen LogP contribution < -0.4 is 5.32 Å². The molecule has 1 atom stereocenters. The Morgan fingerprint density at radius 2 is 1.93 bits per heavy atom. The first-order valence-corrected chi connectivity index (χ1v) is 6.28. The van der Waals surface area contributed by atoms with Gasteiger partial charge in [0.05, 0.1) is 6.10 Å². The molecule has 0 aromatic carbocycles. The van der Waals surface area contributed by atoms with Crippen molar-refractivity contribution >= 4 is 0 Å². The average molecular weight is 213 g/mol. The van der Waals surface area contributed by atoms with E-state index in [1.165, 1.54) is 12.8 Å². The second kappa shape index (κ2) is 5.31. The van der Waals surface area contributed by atoms with Gasteiger partial charge in [0.2, 0.25) is 0 Å². The van der Waals surface area contributed by atoms with Crippen LogP contribution in [0.4, 0.5) is 0 Å². The fraction of sp³-hybridized carbons (Fsp3) is 1.00. The zero-order chi connectivity index (χ0) is 11.5. The van der Waals surface area contributed by atoms with Crippen LogP contribution in [0, 0.1) is 11.3 Å². The summed E-state index contributed by atoms with van der Waals surface area (Å²) in [7, 11) is 0. The minimum Gasteiger partial charge on any atom is -0.378 e. The van der Waals surface area contributed by atoms with Gasteiger partial charge in [0.1, 0.15) is 0 Å². The summed E-state index contributed by atoms with van der Waals surface area (Å²) in [5.74, 6) is 0.726. The molecule has 0 radical (unpaired) electrons. The first-order chi connectivity index (χ1) is 6.93. The predicted octanol–water partition coefficient (Wildman–Crippen LogP) is 2.83. The summed E-state index contributed by atoms with van der Waals surface area (Å²) in [6.07, 6.45) is 2.92. The van der Waals surface area contributed by atoms with E-state index < -0.39 is 0 Å². The van der Waals surface area contributed by atoms with Crippen molar-refractivity contribution in [3.63, 3.8) is 0 Å². The third kappa shape index (κ3) is 4.12. The van der Waals surface area contributed by atoms with E-state index in [4.69, 9.17) is 4.74 Å². The maximum absolute atomic E-state index is 5.54. The van der Waals surface area contributed by atoms with Gasteiger partial charge in [-0.1, -0.05) is 27.7 Å². The summed E-state index contributed by atoms with van der Waals surface area (Å²) >= 11 is 0. The van der Waals surface area contributed by atoms with Gasteiger partial charge in [-0.05, 0) is 37.6 Å². The third-order valence-corrected chi connectivity index (χ3v) is 3.69. The van der Waals surface area contributed by atoms with E-state index in [0.29, 0.717) is 17.6 Å². The molecule has 1 rings (SSSR count). The summed E-state index contributed by atoms with van der Waals surface area (Å²) in [6.45, 7) is 13.3. The molecule has 0 bridgehead atoms. The molecule has 90 valence electrons. The van der Waals surface area contributed by atoms with E-state index in [1.54, 1.807) is 0 Å². The Morgan fingerprint density at radius 1 is 1.33 bits per heavy atom. The molecule has 2 heteroatoms. The Morgan fingerprint density at radius 3 is 2.40 bits per heavy atom. The van der Waals surface area contributed by atoms with Gasteiger partial charge >= 0.3 is 0 Å². The number of nitrogens with one attached hydrogen (secondary N) is 1. The quantitative estimate of drug-likeness (QED) is 0.758. The number of ether oxygens (including phenoxy) is 1. The van der Waals surface area contributed by atoms with E-state index in [1.807, 2.05) is 0 Å². The fourth-order valence-corrected chi connectivity index (χ4v) is 1.75. The lowest BCUT2D eigenvalue weighted by Crippen LogP contribution is -2.47. The van der Waals surface area contributed by atoms with Crippen molar-refractivity contribution in [2.75, 3.05) is 13.2 Å². The Hall–Kier alpha value is -0.0800. The van der Waals surface area contributed by atoms with Crippen LogP contribution in [0.3, 0.4) is 0 Å². The second-order valence-corrected chi connectivity index (χ2v) is 5.92. The van der Waals surface area contributed by atoms with Crippen molar-refractivity contribution in [2.24, 2.45) is 11.3 Å². The molecule has 1 aliphatic rings. The normalized spacial score (nSPS) is 28.6. The van der Waals surface area contributed by atoms with E-state index in [0.717, 1.165) is 19.1 Å². The Kier molecular flexibility index (Phi) is 4.60. The summed E-state index contributed by atoms with van der Waals surface area (Å²) in [5, 5.41) is 3.63. The van der Waals surface area contributed by atoms with Gasteiger partial charge < -0.3 is 10.1 Å². The van der Waals surface area contributed by atoms with E-state index in [2.05, 4.69) is 39.9 Å². The van der Waals surface area contributed by atoms with Crippen LogP contribution in [0.2, 0.25) is 0 Å². The third-order valence-electron chi connectivity index (χ3n) is 3.69. The zero-order valence-corrected chi connectivity index (χ0v) is 11.0. The lowest BCUT2D eigenvalue weighted by Gasteiger charge is -2.37. The van der Waals surface area contributed by atoms with Crippen molar-refractivity contribution in [3.8, 4) is 0 Å². The van der Waals surface area contributed by atoms with Crippen molar-refractivity contribution in [2.45, 2.75) is 59.6 Å². The van der Waals surface area contributed by atoms with Gasteiger partial charge in [-0.2, -0.15) is 0 Å². The second-order valence-electron chi connectivity index (χ2n) is 5.92. The lowest BCUT2D eigenvalue weighted by molar-refractivity contribution is -0.0113. The minimum atomic E-state index is 0.413. The topological polar surface area (TPSA) is 21.3 Å². The molecule has 0 heterocycles. The summed E-state index contributed by atoms with van der Waals surface area (Å²) in [5.41, 5.74) is 0.413. The number of hydrogen-bond donors (Lipinski definition) is 1. The first kappa shape index (κ1) is 13.0. The smallest absolute Gasteiger partial charge is 0.0604 e. The van der Waals surface area contributed by atoms with Gasteiger partial charge in [-0.3, -0.25) is 0 Å². The van der Waals surface area contributed by atoms with Crippen molar-refractivity contribution in [1.29, 1.82) is 0 Å². The Bertz CT molecular complexity index is 179. The number of hydrogen-bond acceptors (Lipinski definition) is 2. The summed E-state index contributed by atoms with van der Waals surface area (Å²) in [6, 6.07) is 0.700. The molecule has 0 amide bonds. The molecule has 0 aliphatic heterocycles. The fourth-order valence-electron chi connectivity index (χ4n) is 1.75. The van der Waals surface area contributed by atoms with Gasteiger partial charge in [0, 0.05) is 12.6 Å². The highest BCUT2D eigenvalue weighted by Gasteiger charge is 2.30. The molecule has 0 spiro atoms. The van der Waals surface area contributed by atoms with E-state index in [-0.39, 0.29) is 0 Å². The van der Waals surface area contributed by atoms with Gasteiger partial charge in [-0.15, -0.1) is 0 Å². The largest absolute Gasteiger partial charge is 0.378 e. The van der Waals surface area contributed by atoms with Crippen LogP contribution in [0.5, 0.6) is 0 Å². The molecule has 2 nitrogen and oxygen atoms in total. The van der Waals surface area contributed by atoms with Crippen LogP contribution in [0.25, 0.3) is 0 Å². The standard InChI is InChI=1S/C13H27NO/c1-6-15-12-7-11(8-12)14-9-10(2)13(3,4)5/h10-12,14H,6-9H2,1-5H3. The molecule has 1 N–H and O–H groups in total. The van der Waals surface area contributed by atoms with Gasteiger partial charge in [-0.25, -0.2) is 0 Å². The Labute approximate surface area is 94.8 Å². The van der Waals surface area contributed by atoms with Gasteiger partial charge in [0.15, 0.2) is 0 Å². The molecular weight excluding hydrogens is 186 g/mol. The highest BCUT2D eigenvalue weighted by Crippen LogP contribution is 2.27. The monoisotopic (exact) mass is 213 g/mol. The van der Waals surface area contributed by atoms with Crippen LogP contribution in [0.15, 0.2) is 0 Å². The number of rotatable bonds is 5. The molecule has 1 aliphatic carbocycles. The van der Waals surface area contributed by atoms with Crippen molar-refractivity contribution < 1.29 is 4.74 Å². The van der Waals surface area contributed by atoms with Gasteiger partial charge in [0.25, 0.3) is 0 Å². The van der Waals surface area contributed by atoms with Crippen LogP contribution in [-0.2, 0) is 4.74 Å². The Balaban J connectivity index is 2.08. The molecule has 0 aromatic heterocycles. The summed E-state index contributed by atoms with van der Waals surface area (Å²) < 4.78 is 5.54. The van der Waals surface area contributed by atoms with Crippen molar-refractivity contribution in [1.82, 2.24) is 5.32 Å². The molecule has 1 saturated carbocycles. The summed E-state index contributed by atoms with van der Waals surface area (Å²) in [4.78, 5) is 0. The first-order valence-electron chi connectivity index (χ1n) is 6.28.